The van der Waals surface area contributed by atoms with E-state index in [4.69, 9.17) is 0 Å². The lowest BCUT2D eigenvalue weighted by Gasteiger charge is -2.26. The topological polar surface area (TPSA) is 30.9 Å². The summed E-state index contributed by atoms with van der Waals surface area (Å²) in [5, 5.41) is 3.57. The van der Waals surface area contributed by atoms with Gasteiger partial charge in [0.2, 0.25) is 0 Å². The van der Waals surface area contributed by atoms with Gasteiger partial charge < -0.3 is 15.1 Å². The van der Waals surface area contributed by atoms with Crippen LogP contribution in [0, 0.1) is 5.41 Å². The smallest absolute Gasteiger partial charge is 0.193 e. The second-order valence-corrected chi connectivity index (χ2v) is 7.82. The minimum atomic E-state index is 0. The third kappa shape index (κ3) is 4.18. The highest BCUT2D eigenvalue weighted by molar-refractivity contribution is 14.0. The van der Waals surface area contributed by atoms with Crippen molar-refractivity contribution in [3.63, 3.8) is 0 Å². The molecule has 0 aromatic heterocycles. The van der Waals surface area contributed by atoms with Crippen molar-refractivity contribution in [2.75, 3.05) is 38.1 Å². The lowest BCUT2D eigenvalue weighted by atomic mass is 9.86. The molecule has 142 valence electrons. The predicted octanol–water partition coefficient (Wildman–Crippen LogP) is 4.02. The molecule has 4 rings (SSSR count). The van der Waals surface area contributed by atoms with E-state index in [0.29, 0.717) is 5.41 Å². The van der Waals surface area contributed by atoms with Crippen LogP contribution in [0.3, 0.4) is 0 Å². The van der Waals surface area contributed by atoms with E-state index in [0.717, 1.165) is 32.1 Å². The fourth-order valence-electron chi connectivity index (χ4n) is 4.68. The largest absolute Gasteiger partial charge is 0.364 e. The summed E-state index contributed by atoms with van der Waals surface area (Å²) in [4.78, 5) is 9.38. The summed E-state index contributed by atoms with van der Waals surface area (Å²) < 4.78 is 0. The number of nitrogens with one attached hydrogen (secondary N) is 1. The van der Waals surface area contributed by atoms with Gasteiger partial charge in [-0.3, -0.25) is 4.99 Å². The summed E-state index contributed by atoms with van der Waals surface area (Å²) in [7, 11) is 1.91. The number of guanidine groups is 1. The summed E-state index contributed by atoms with van der Waals surface area (Å²) in [5.74, 6) is 1.07. The molecule has 5 heteroatoms. The maximum absolute atomic E-state index is 4.54. The molecule has 1 N–H and O–H groups in total. The number of benzene rings is 1. The molecule has 1 saturated heterocycles. The number of nitrogens with zero attached hydrogens (tertiary/aromatic N) is 3. The van der Waals surface area contributed by atoms with Crippen molar-refractivity contribution in [3.05, 3.63) is 42.0 Å². The first kappa shape index (κ1) is 19.5. The molecule has 1 spiro atoms. The fourth-order valence-corrected chi connectivity index (χ4v) is 4.68. The maximum Gasteiger partial charge on any atom is 0.193 e. The molecule has 4 nitrogen and oxygen atoms in total. The van der Waals surface area contributed by atoms with E-state index in [1.165, 1.54) is 49.9 Å². The quantitative estimate of drug-likeness (QED) is 0.316. The van der Waals surface area contributed by atoms with Crippen LogP contribution in [-0.4, -0.2) is 44.1 Å². The molecular formula is C21H31IN4. The van der Waals surface area contributed by atoms with Gasteiger partial charge in [-0.15, -0.1) is 24.0 Å². The normalized spacial score (nSPS) is 21.5. The first-order chi connectivity index (χ1) is 12.3. The van der Waals surface area contributed by atoms with Gasteiger partial charge in [0.25, 0.3) is 0 Å². The number of hydrogen-bond acceptors (Lipinski definition) is 2. The van der Waals surface area contributed by atoms with E-state index in [9.17, 15) is 0 Å². The molecule has 0 bridgehead atoms. The van der Waals surface area contributed by atoms with Crippen LogP contribution in [0.5, 0.6) is 0 Å². The minimum absolute atomic E-state index is 0. The van der Waals surface area contributed by atoms with Crippen molar-refractivity contribution in [2.24, 2.45) is 10.4 Å². The maximum atomic E-state index is 4.54. The molecule has 0 atom stereocenters. The monoisotopic (exact) mass is 466 g/mol. The molecule has 3 aliphatic rings. The number of aliphatic imine (C=N–C) groups is 1. The minimum Gasteiger partial charge on any atom is -0.364 e. The Balaban J connectivity index is 0.00000196. The van der Waals surface area contributed by atoms with Crippen molar-refractivity contribution >= 4 is 35.6 Å². The van der Waals surface area contributed by atoms with Crippen LogP contribution >= 0.6 is 24.0 Å². The zero-order valence-electron chi connectivity index (χ0n) is 15.8. The van der Waals surface area contributed by atoms with Gasteiger partial charge in [0.15, 0.2) is 5.96 Å². The molecule has 2 fully saturated rings. The van der Waals surface area contributed by atoms with E-state index in [1.54, 1.807) is 0 Å². The predicted molar refractivity (Wildman–Crippen MR) is 120 cm³/mol. The van der Waals surface area contributed by atoms with Crippen molar-refractivity contribution in [1.82, 2.24) is 10.2 Å². The molecule has 1 saturated carbocycles. The number of likely N-dealkylation sites (tertiary alicyclic amines) is 1. The Morgan fingerprint density at radius 3 is 2.42 bits per heavy atom. The van der Waals surface area contributed by atoms with Crippen molar-refractivity contribution in [3.8, 4) is 0 Å². The summed E-state index contributed by atoms with van der Waals surface area (Å²) in [5.41, 5.74) is 3.20. The second-order valence-electron chi connectivity index (χ2n) is 7.82. The third-order valence-electron chi connectivity index (χ3n) is 6.18. The van der Waals surface area contributed by atoms with E-state index in [1.807, 2.05) is 7.05 Å². The number of rotatable bonds is 3. The van der Waals surface area contributed by atoms with E-state index >= 15 is 0 Å². The van der Waals surface area contributed by atoms with Gasteiger partial charge in [-0.05, 0) is 42.4 Å². The molecule has 1 aromatic rings. The third-order valence-corrected chi connectivity index (χ3v) is 6.18. The molecule has 0 unspecified atom stereocenters. The van der Waals surface area contributed by atoms with Crippen LogP contribution in [-0.2, 0) is 6.54 Å². The Hall–Kier alpha value is -1.24. The van der Waals surface area contributed by atoms with Crippen molar-refractivity contribution in [1.29, 1.82) is 0 Å². The Kier molecular flexibility index (Phi) is 6.48. The summed E-state index contributed by atoms with van der Waals surface area (Å²) in [6.45, 7) is 5.24. The van der Waals surface area contributed by atoms with Crippen LogP contribution in [0.1, 0.15) is 37.7 Å². The lowest BCUT2D eigenvalue weighted by Crippen LogP contribution is -2.40. The summed E-state index contributed by atoms with van der Waals surface area (Å²) >= 11 is 0. The standard InChI is InChI=1S/C21H30N4.HI/c1-22-20(25-15-12-21(17-25)10-2-3-11-21)23-16-18-6-8-19(9-7-18)24-13-4-5-14-24;/h4-9H,2-3,10-17H2,1H3,(H,22,23);1H. The van der Waals surface area contributed by atoms with Gasteiger partial charge in [0.05, 0.1) is 0 Å². The molecule has 1 aromatic carbocycles. The Morgan fingerprint density at radius 2 is 1.77 bits per heavy atom. The van der Waals surface area contributed by atoms with Gasteiger partial charge in [0.1, 0.15) is 0 Å². The molecular weight excluding hydrogens is 435 g/mol. The van der Waals surface area contributed by atoms with Gasteiger partial charge in [0, 0.05) is 45.5 Å². The number of hydrogen-bond donors (Lipinski definition) is 1. The van der Waals surface area contributed by atoms with Crippen molar-refractivity contribution in [2.45, 2.75) is 38.6 Å². The van der Waals surface area contributed by atoms with Crippen LogP contribution in [0.25, 0.3) is 0 Å². The average molecular weight is 466 g/mol. The second kappa shape index (κ2) is 8.63. The van der Waals surface area contributed by atoms with E-state index in [-0.39, 0.29) is 24.0 Å². The Morgan fingerprint density at radius 1 is 1.08 bits per heavy atom. The van der Waals surface area contributed by atoms with Crippen LogP contribution in [0.15, 0.2) is 41.4 Å². The van der Waals surface area contributed by atoms with Gasteiger partial charge in [-0.25, -0.2) is 0 Å². The molecule has 26 heavy (non-hydrogen) atoms. The number of halogens is 1. The summed E-state index contributed by atoms with van der Waals surface area (Å²) in [6.07, 6.45) is 11.4. The molecule has 2 heterocycles. The first-order valence-electron chi connectivity index (χ1n) is 9.73. The first-order valence-corrected chi connectivity index (χ1v) is 9.73. The Bertz CT molecular complexity index is 638. The lowest BCUT2D eigenvalue weighted by molar-refractivity contribution is 0.309. The highest BCUT2D eigenvalue weighted by atomic mass is 127. The average Bonchev–Trinajstić information content (AvgIpc) is 3.40. The molecule has 0 amide bonds. The highest BCUT2D eigenvalue weighted by Gasteiger charge is 2.41. The zero-order valence-corrected chi connectivity index (χ0v) is 18.1. The van der Waals surface area contributed by atoms with Gasteiger partial charge in [-0.1, -0.05) is 37.1 Å². The SMILES string of the molecule is CN=C(NCc1ccc(N2CC=CC2)cc1)N1CCC2(CCCC2)C1.I. The van der Waals surface area contributed by atoms with E-state index in [2.05, 4.69) is 56.5 Å². The van der Waals surface area contributed by atoms with Gasteiger partial charge in [-0.2, -0.15) is 0 Å². The highest BCUT2D eigenvalue weighted by Crippen LogP contribution is 2.45. The summed E-state index contributed by atoms with van der Waals surface area (Å²) in [6, 6.07) is 8.93. The van der Waals surface area contributed by atoms with Crippen LogP contribution in [0.4, 0.5) is 5.69 Å². The van der Waals surface area contributed by atoms with Crippen molar-refractivity contribution < 1.29 is 0 Å². The zero-order chi connectivity index (χ0) is 17.1. The number of anilines is 1. The molecule has 2 aliphatic heterocycles. The fraction of sp³-hybridized carbons (Fsp3) is 0.571. The Labute approximate surface area is 174 Å². The van der Waals surface area contributed by atoms with Crippen LogP contribution in [0.2, 0.25) is 0 Å². The molecule has 1 aliphatic carbocycles. The van der Waals surface area contributed by atoms with Crippen LogP contribution < -0.4 is 10.2 Å². The van der Waals surface area contributed by atoms with E-state index < -0.39 is 0 Å². The van der Waals surface area contributed by atoms with Gasteiger partial charge >= 0.3 is 0 Å². The molecule has 0 radical (unpaired) electrons.